The van der Waals surface area contributed by atoms with Crippen molar-refractivity contribution in [3.63, 3.8) is 0 Å². The summed E-state index contributed by atoms with van der Waals surface area (Å²) in [5.74, 6) is 0.896. The van der Waals surface area contributed by atoms with E-state index in [2.05, 4.69) is 51.8 Å². The standard InChI is InChI=1S/C21H35NO2.ClH/c1-16-11-12-20(19(13-16)21(2,3)4)24-15-18(23)14-22(5)17-9-7-6-8-10-17;/h11-13,17-18,23H,6-10,14-15H2,1-5H3;1H. The van der Waals surface area contributed by atoms with Gasteiger partial charge in [-0.15, -0.1) is 12.4 Å². The second kappa shape index (κ2) is 9.80. The van der Waals surface area contributed by atoms with E-state index in [1.165, 1.54) is 43.2 Å². The number of hydrogen-bond acceptors (Lipinski definition) is 3. The number of aliphatic hydroxyl groups excluding tert-OH is 1. The first-order valence-corrected chi connectivity index (χ1v) is 9.39. The molecule has 1 N–H and O–H groups in total. The van der Waals surface area contributed by atoms with Crippen molar-refractivity contribution in [2.24, 2.45) is 0 Å². The van der Waals surface area contributed by atoms with Crippen LogP contribution in [-0.4, -0.2) is 42.4 Å². The highest BCUT2D eigenvalue weighted by atomic mass is 35.5. The number of rotatable bonds is 6. The first-order chi connectivity index (χ1) is 11.3. The second-order valence-electron chi connectivity index (χ2n) is 8.45. The van der Waals surface area contributed by atoms with Gasteiger partial charge < -0.3 is 14.7 Å². The van der Waals surface area contributed by atoms with Crippen LogP contribution < -0.4 is 4.74 Å². The Morgan fingerprint density at radius 3 is 2.44 bits per heavy atom. The molecule has 1 saturated carbocycles. The summed E-state index contributed by atoms with van der Waals surface area (Å²) in [6, 6.07) is 6.92. The average Bonchev–Trinajstić information content (AvgIpc) is 2.53. The topological polar surface area (TPSA) is 32.7 Å². The van der Waals surface area contributed by atoms with Crippen LogP contribution in [0.1, 0.15) is 64.0 Å². The van der Waals surface area contributed by atoms with E-state index in [1.54, 1.807) is 0 Å². The zero-order valence-electron chi connectivity index (χ0n) is 16.5. The van der Waals surface area contributed by atoms with Crippen LogP contribution in [-0.2, 0) is 5.41 Å². The normalized spacial score (nSPS) is 17.2. The fourth-order valence-corrected chi connectivity index (χ4v) is 3.60. The van der Waals surface area contributed by atoms with Crippen LogP contribution in [0.4, 0.5) is 0 Å². The Bertz CT molecular complexity index is 521. The molecule has 1 atom stereocenters. The number of benzene rings is 1. The molecule has 0 heterocycles. The molecule has 1 aromatic rings. The van der Waals surface area contributed by atoms with E-state index < -0.39 is 6.10 Å². The van der Waals surface area contributed by atoms with Crippen molar-refractivity contribution in [1.82, 2.24) is 4.90 Å². The molecule has 0 aliphatic heterocycles. The van der Waals surface area contributed by atoms with Crippen molar-refractivity contribution < 1.29 is 9.84 Å². The van der Waals surface area contributed by atoms with Gasteiger partial charge in [0.2, 0.25) is 0 Å². The van der Waals surface area contributed by atoms with E-state index in [0.717, 1.165) is 5.75 Å². The lowest BCUT2D eigenvalue weighted by molar-refractivity contribution is 0.0556. The van der Waals surface area contributed by atoms with Gasteiger partial charge in [-0.3, -0.25) is 0 Å². The summed E-state index contributed by atoms with van der Waals surface area (Å²) in [5, 5.41) is 10.4. The van der Waals surface area contributed by atoms with Gasteiger partial charge in [-0.2, -0.15) is 0 Å². The molecule has 0 aromatic heterocycles. The number of nitrogens with zero attached hydrogens (tertiary/aromatic N) is 1. The highest BCUT2D eigenvalue weighted by Crippen LogP contribution is 2.32. The number of hydrogen-bond donors (Lipinski definition) is 1. The minimum Gasteiger partial charge on any atom is -0.491 e. The summed E-state index contributed by atoms with van der Waals surface area (Å²) in [6.07, 6.45) is 6.07. The minimum absolute atomic E-state index is 0. The van der Waals surface area contributed by atoms with Crippen molar-refractivity contribution in [1.29, 1.82) is 0 Å². The molecule has 1 fully saturated rings. The Kier molecular flexibility index (Phi) is 8.73. The molecular formula is C21H36ClNO2. The van der Waals surface area contributed by atoms with Gasteiger partial charge in [0.25, 0.3) is 0 Å². The fraction of sp³-hybridized carbons (Fsp3) is 0.714. The summed E-state index contributed by atoms with van der Waals surface area (Å²) in [4.78, 5) is 2.31. The predicted molar refractivity (Wildman–Crippen MR) is 108 cm³/mol. The van der Waals surface area contributed by atoms with Crippen LogP contribution in [0.25, 0.3) is 0 Å². The predicted octanol–water partition coefficient (Wildman–Crippen LogP) is 4.72. The lowest BCUT2D eigenvalue weighted by Crippen LogP contribution is -2.40. The number of likely N-dealkylation sites (N-methyl/N-ethyl adjacent to an activating group) is 1. The summed E-state index contributed by atoms with van der Waals surface area (Å²) < 4.78 is 5.99. The maximum atomic E-state index is 10.4. The smallest absolute Gasteiger partial charge is 0.123 e. The van der Waals surface area contributed by atoms with Gasteiger partial charge >= 0.3 is 0 Å². The molecule has 4 heteroatoms. The molecule has 2 rings (SSSR count). The van der Waals surface area contributed by atoms with E-state index >= 15 is 0 Å². The maximum absolute atomic E-state index is 10.4. The van der Waals surface area contributed by atoms with Gasteiger partial charge in [0.05, 0.1) is 0 Å². The largest absolute Gasteiger partial charge is 0.491 e. The molecule has 25 heavy (non-hydrogen) atoms. The first kappa shape index (κ1) is 22.3. The van der Waals surface area contributed by atoms with Crippen LogP contribution in [0, 0.1) is 6.92 Å². The fourth-order valence-electron chi connectivity index (χ4n) is 3.60. The Balaban J connectivity index is 0.00000312. The van der Waals surface area contributed by atoms with Crippen molar-refractivity contribution in [3.05, 3.63) is 29.3 Å². The molecule has 0 amide bonds. The molecule has 0 bridgehead atoms. The number of ether oxygens (including phenoxy) is 1. The van der Waals surface area contributed by atoms with E-state index in [9.17, 15) is 5.11 Å². The monoisotopic (exact) mass is 369 g/mol. The van der Waals surface area contributed by atoms with Crippen LogP contribution in [0.3, 0.4) is 0 Å². The summed E-state index contributed by atoms with van der Waals surface area (Å²) in [5.41, 5.74) is 2.48. The zero-order chi connectivity index (χ0) is 17.7. The summed E-state index contributed by atoms with van der Waals surface area (Å²) in [6.45, 7) is 9.73. The Morgan fingerprint density at radius 1 is 1.20 bits per heavy atom. The lowest BCUT2D eigenvalue weighted by Gasteiger charge is -2.32. The molecule has 1 aromatic carbocycles. The van der Waals surface area contributed by atoms with E-state index in [-0.39, 0.29) is 17.8 Å². The maximum Gasteiger partial charge on any atom is 0.123 e. The third kappa shape index (κ3) is 6.80. The molecule has 3 nitrogen and oxygen atoms in total. The Hall–Kier alpha value is -0.770. The van der Waals surface area contributed by atoms with Crippen molar-refractivity contribution in [2.75, 3.05) is 20.2 Å². The van der Waals surface area contributed by atoms with Gasteiger partial charge in [0.15, 0.2) is 0 Å². The van der Waals surface area contributed by atoms with Gasteiger partial charge in [-0.05, 0) is 43.9 Å². The molecular weight excluding hydrogens is 334 g/mol. The summed E-state index contributed by atoms with van der Waals surface area (Å²) >= 11 is 0. The van der Waals surface area contributed by atoms with Crippen molar-refractivity contribution in [2.45, 2.75) is 77.4 Å². The van der Waals surface area contributed by atoms with Crippen LogP contribution >= 0.6 is 12.4 Å². The van der Waals surface area contributed by atoms with Gasteiger partial charge in [0, 0.05) is 12.6 Å². The molecule has 1 aliphatic carbocycles. The third-order valence-electron chi connectivity index (χ3n) is 5.07. The first-order valence-electron chi connectivity index (χ1n) is 9.39. The van der Waals surface area contributed by atoms with Crippen LogP contribution in [0.2, 0.25) is 0 Å². The highest BCUT2D eigenvalue weighted by Gasteiger charge is 2.22. The van der Waals surface area contributed by atoms with Gasteiger partial charge in [-0.1, -0.05) is 57.7 Å². The second-order valence-corrected chi connectivity index (χ2v) is 8.45. The minimum atomic E-state index is -0.453. The van der Waals surface area contributed by atoms with E-state index in [0.29, 0.717) is 19.2 Å². The average molecular weight is 370 g/mol. The van der Waals surface area contributed by atoms with Gasteiger partial charge in [-0.25, -0.2) is 0 Å². The van der Waals surface area contributed by atoms with E-state index in [1.807, 2.05) is 6.07 Å². The quantitative estimate of drug-likeness (QED) is 0.787. The Morgan fingerprint density at radius 2 is 1.84 bits per heavy atom. The molecule has 1 aliphatic rings. The van der Waals surface area contributed by atoms with Crippen molar-refractivity contribution >= 4 is 12.4 Å². The number of aliphatic hydroxyl groups is 1. The molecule has 144 valence electrons. The lowest BCUT2D eigenvalue weighted by atomic mass is 9.85. The van der Waals surface area contributed by atoms with Crippen molar-refractivity contribution in [3.8, 4) is 5.75 Å². The number of halogens is 1. The van der Waals surface area contributed by atoms with Gasteiger partial charge in [0.1, 0.15) is 18.5 Å². The number of aryl methyl sites for hydroxylation is 1. The van der Waals surface area contributed by atoms with E-state index in [4.69, 9.17) is 4.74 Å². The molecule has 1 unspecified atom stereocenters. The van der Waals surface area contributed by atoms with Crippen LogP contribution in [0.15, 0.2) is 18.2 Å². The highest BCUT2D eigenvalue weighted by molar-refractivity contribution is 5.85. The molecule has 0 spiro atoms. The zero-order valence-corrected chi connectivity index (χ0v) is 17.4. The van der Waals surface area contributed by atoms with Crippen LogP contribution in [0.5, 0.6) is 5.75 Å². The molecule has 0 saturated heterocycles. The molecule has 0 radical (unpaired) electrons. The third-order valence-corrected chi connectivity index (χ3v) is 5.07. The summed E-state index contributed by atoms with van der Waals surface area (Å²) in [7, 11) is 2.13. The SMILES string of the molecule is Cc1ccc(OCC(O)CN(C)C2CCCCC2)c(C(C)(C)C)c1.Cl. The Labute approximate surface area is 160 Å².